The van der Waals surface area contributed by atoms with E-state index in [-0.39, 0.29) is 0 Å². The first-order valence-corrected chi connectivity index (χ1v) is 9.28. The summed E-state index contributed by atoms with van der Waals surface area (Å²) in [4.78, 5) is 2.58. The highest BCUT2D eigenvalue weighted by molar-refractivity contribution is 5.86. The molecular weight excluding hydrogens is 302 g/mol. The lowest BCUT2D eigenvalue weighted by atomic mass is 9.88. The smallest absolute Gasteiger partial charge is 0.0236 e. The quantitative estimate of drug-likeness (QED) is 0.574. The molecule has 25 heavy (non-hydrogen) atoms. The highest BCUT2D eigenvalue weighted by Gasteiger charge is 2.17. The Bertz CT molecular complexity index is 831. The van der Waals surface area contributed by atoms with Crippen LogP contribution >= 0.6 is 0 Å². The Kier molecular flexibility index (Phi) is 4.67. The Hall–Kier alpha value is -2.38. The highest BCUT2D eigenvalue weighted by atomic mass is 15.1. The molecule has 1 aliphatic rings. The van der Waals surface area contributed by atoms with Gasteiger partial charge in [-0.15, -0.1) is 0 Å². The largest absolute Gasteiger partial charge is 0.299 e. The van der Waals surface area contributed by atoms with E-state index in [1.165, 1.54) is 59.3 Å². The van der Waals surface area contributed by atoms with Crippen LogP contribution in [-0.2, 0) is 6.54 Å². The van der Waals surface area contributed by atoms with Gasteiger partial charge in [0.2, 0.25) is 0 Å². The third-order valence-electron chi connectivity index (χ3n) is 5.32. The van der Waals surface area contributed by atoms with Crippen LogP contribution in [0.1, 0.15) is 24.0 Å². The standard InChI is InChI=1S/C24H25N/c1-19-22(18-25-16-8-9-17-25)14-15-23(20-10-4-2-5-11-20)24(19)21-12-6-3-7-13-21/h2-7,10-15H,8-9,16-18H2,1H3. The predicted molar refractivity (Wildman–Crippen MR) is 107 cm³/mol. The van der Waals surface area contributed by atoms with Crippen LogP contribution in [0.3, 0.4) is 0 Å². The number of likely N-dealkylation sites (tertiary alicyclic amines) is 1. The van der Waals surface area contributed by atoms with E-state index in [4.69, 9.17) is 0 Å². The van der Waals surface area contributed by atoms with Crippen LogP contribution in [-0.4, -0.2) is 18.0 Å². The summed E-state index contributed by atoms with van der Waals surface area (Å²) in [5, 5.41) is 0. The molecule has 4 rings (SSSR count). The van der Waals surface area contributed by atoms with Crippen LogP contribution in [0.2, 0.25) is 0 Å². The molecule has 0 spiro atoms. The first-order chi connectivity index (χ1) is 12.3. The summed E-state index contributed by atoms with van der Waals surface area (Å²) in [6, 6.07) is 26.2. The van der Waals surface area contributed by atoms with Crippen LogP contribution in [0, 0.1) is 6.92 Å². The Morgan fingerprint density at radius 1 is 0.720 bits per heavy atom. The molecule has 0 atom stereocenters. The van der Waals surface area contributed by atoms with E-state index in [1.54, 1.807) is 0 Å². The summed E-state index contributed by atoms with van der Waals surface area (Å²) in [6.45, 7) is 5.84. The van der Waals surface area contributed by atoms with Crippen molar-refractivity contribution in [1.82, 2.24) is 4.90 Å². The molecule has 1 aliphatic heterocycles. The summed E-state index contributed by atoms with van der Waals surface area (Å²) in [7, 11) is 0. The van der Waals surface area contributed by atoms with Gasteiger partial charge in [0, 0.05) is 6.54 Å². The van der Waals surface area contributed by atoms with E-state index in [0.29, 0.717) is 0 Å². The summed E-state index contributed by atoms with van der Waals surface area (Å²) in [5.74, 6) is 0. The van der Waals surface area contributed by atoms with Crippen molar-refractivity contribution < 1.29 is 0 Å². The number of nitrogens with zero attached hydrogens (tertiary/aromatic N) is 1. The average molecular weight is 327 g/mol. The van der Waals surface area contributed by atoms with Gasteiger partial charge in [0.15, 0.2) is 0 Å². The number of hydrogen-bond acceptors (Lipinski definition) is 1. The molecule has 1 heteroatoms. The van der Waals surface area contributed by atoms with E-state index >= 15 is 0 Å². The van der Waals surface area contributed by atoms with Gasteiger partial charge >= 0.3 is 0 Å². The van der Waals surface area contributed by atoms with Crippen LogP contribution in [0.4, 0.5) is 0 Å². The molecule has 0 radical (unpaired) electrons. The molecular formula is C24H25N. The molecule has 0 bridgehead atoms. The fraction of sp³-hybridized carbons (Fsp3) is 0.250. The van der Waals surface area contributed by atoms with Gasteiger partial charge in [-0.2, -0.15) is 0 Å². The minimum absolute atomic E-state index is 1.07. The third-order valence-corrected chi connectivity index (χ3v) is 5.32. The lowest BCUT2D eigenvalue weighted by Gasteiger charge is -2.21. The second-order valence-corrected chi connectivity index (χ2v) is 6.99. The maximum Gasteiger partial charge on any atom is 0.0236 e. The molecule has 1 nitrogen and oxygen atoms in total. The maximum absolute atomic E-state index is 2.58. The third kappa shape index (κ3) is 3.38. The predicted octanol–water partition coefficient (Wildman–Crippen LogP) is 5.92. The average Bonchev–Trinajstić information content (AvgIpc) is 3.18. The zero-order valence-electron chi connectivity index (χ0n) is 14.9. The minimum Gasteiger partial charge on any atom is -0.299 e. The van der Waals surface area contributed by atoms with Crippen molar-refractivity contribution in [1.29, 1.82) is 0 Å². The van der Waals surface area contributed by atoms with E-state index in [1.807, 2.05) is 0 Å². The molecule has 3 aromatic carbocycles. The zero-order valence-corrected chi connectivity index (χ0v) is 14.9. The summed E-state index contributed by atoms with van der Waals surface area (Å²) < 4.78 is 0. The van der Waals surface area contributed by atoms with Gasteiger partial charge in [0.05, 0.1) is 0 Å². The first-order valence-electron chi connectivity index (χ1n) is 9.28. The molecule has 0 saturated carbocycles. The van der Waals surface area contributed by atoms with E-state index in [0.717, 1.165) is 6.54 Å². The van der Waals surface area contributed by atoms with Crippen molar-refractivity contribution in [3.8, 4) is 22.3 Å². The normalized spacial score (nSPS) is 14.8. The maximum atomic E-state index is 2.58. The summed E-state index contributed by atoms with van der Waals surface area (Å²) in [5.41, 5.74) is 8.18. The van der Waals surface area contributed by atoms with Crippen LogP contribution in [0.5, 0.6) is 0 Å². The monoisotopic (exact) mass is 327 g/mol. The SMILES string of the molecule is Cc1c(CN2CCCC2)ccc(-c2ccccc2)c1-c1ccccc1. The van der Waals surface area contributed by atoms with Gasteiger partial charge in [-0.05, 0) is 66.2 Å². The Morgan fingerprint density at radius 2 is 1.32 bits per heavy atom. The van der Waals surface area contributed by atoms with E-state index < -0.39 is 0 Å². The van der Waals surface area contributed by atoms with Crippen molar-refractivity contribution >= 4 is 0 Å². The molecule has 0 unspecified atom stereocenters. The lowest BCUT2D eigenvalue weighted by molar-refractivity contribution is 0.331. The number of rotatable bonds is 4. The molecule has 126 valence electrons. The molecule has 1 saturated heterocycles. The lowest BCUT2D eigenvalue weighted by Crippen LogP contribution is -2.19. The van der Waals surface area contributed by atoms with Crippen LogP contribution in [0.15, 0.2) is 72.8 Å². The Balaban J connectivity index is 1.83. The van der Waals surface area contributed by atoms with Gasteiger partial charge < -0.3 is 0 Å². The van der Waals surface area contributed by atoms with E-state index in [2.05, 4.69) is 84.6 Å². The summed E-state index contributed by atoms with van der Waals surface area (Å²) >= 11 is 0. The van der Waals surface area contributed by atoms with Crippen molar-refractivity contribution in [2.45, 2.75) is 26.3 Å². The van der Waals surface area contributed by atoms with Crippen molar-refractivity contribution in [3.05, 3.63) is 83.9 Å². The molecule has 0 amide bonds. The molecule has 1 heterocycles. The van der Waals surface area contributed by atoms with E-state index in [9.17, 15) is 0 Å². The second-order valence-electron chi connectivity index (χ2n) is 6.99. The first kappa shape index (κ1) is 16.1. The molecule has 0 N–H and O–H groups in total. The number of hydrogen-bond donors (Lipinski definition) is 0. The van der Waals surface area contributed by atoms with Crippen molar-refractivity contribution in [2.24, 2.45) is 0 Å². The minimum atomic E-state index is 1.07. The Morgan fingerprint density at radius 3 is 1.96 bits per heavy atom. The second kappa shape index (κ2) is 7.25. The van der Waals surface area contributed by atoms with Gasteiger partial charge in [0.1, 0.15) is 0 Å². The molecule has 1 fully saturated rings. The fourth-order valence-corrected chi connectivity index (χ4v) is 3.94. The van der Waals surface area contributed by atoms with Crippen molar-refractivity contribution in [2.75, 3.05) is 13.1 Å². The topological polar surface area (TPSA) is 3.24 Å². The van der Waals surface area contributed by atoms with Gasteiger partial charge in [-0.25, -0.2) is 0 Å². The van der Waals surface area contributed by atoms with Gasteiger partial charge in [0.25, 0.3) is 0 Å². The van der Waals surface area contributed by atoms with Crippen LogP contribution in [0.25, 0.3) is 22.3 Å². The summed E-state index contributed by atoms with van der Waals surface area (Å²) in [6.07, 6.45) is 2.68. The molecule has 0 aliphatic carbocycles. The molecule has 0 aromatic heterocycles. The zero-order chi connectivity index (χ0) is 17.1. The molecule has 3 aromatic rings. The van der Waals surface area contributed by atoms with Crippen LogP contribution < -0.4 is 0 Å². The van der Waals surface area contributed by atoms with Gasteiger partial charge in [-0.3, -0.25) is 4.90 Å². The fourth-order valence-electron chi connectivity index (χ4n) is 3.94. The van der Waals surface area contributed by atoms with Crippen molar-refractivity contribution in [3.63, 3.8) is 0 Å². The Labute approximate surface area is 150 Å². The number of benzene rings is 3. The van der Waals surface area contributed by atoms with Gasteiger partial charge in [-0.1, -0.05) is 72.8 Å². The highest BCUT2D eigenvalue weighted by Crippen LogP contribution is 2.36.